The number of benzene rings is 1. The fourth-order valence-electron chi connectivity index (χ4n) is 3.13. The Morgan fingerprint density at radius 1 is 1.16 bits per heavy atom. The molecule has 0 fully saturated rings. The van der Waals surface area contributed by atoms with Crippen LogP contribution in [0.5, 0.6) is 0 Å². The van der Waals surface area contributed by atoms with Crippen LogP contribution in [0.25, 0.3) is 0 Å². The monoisotopic (exact) mass is 340 g/mol. The van der Waals surface area contributed by atoms with E-state index in [4.69, 9.17) is 4.98 Å². The van der Waals surface area contributed by atoms with Gasteiger partial charge in [-0.25, -0.2) is 9.97 Å². The number of rotatable bonds is 4. The van der Waals surface area contributed by atoms with E-state index in [0.717, 1.165) is 42.5 Å². The molecule has 25 heavy (non-hydrogen) atoms. The molecule has 0 bridgehead atoms. The van der Waals surface area contributed by atoms with Gasteiger partial charge in [0.05, 0.1) is 5.60 Å². The van der Waals surface area contributed by atoms with E-state index < -0.39 is 5.60 Å². The maximum absolute atomic E-state index is 10.2. The van der Waals surface area contributed by atoms with Gasteiger partial charge in [-0.15, -0.1) is 0 Å². The zero-order valence-corrected chi connectivity index (χ0v) is 15.8. The SMILES string of the molecule is CNc1cc(N2CCc3cc(C(C)(C)O)ccc3C2)nc(C(C)C)n1. The van der Waals surface area contributed by atoms with Crippen LogP contribution in [0.15, 0.2) is 24.3 Å². The maximum Gasteiger partial charge on any atom is 0.135 e. The van der Waals surface area contributed by atoms with Crippen molar-refractivity contribution in [3.05, 3.63) is 46.8 Å². The molecular weight excluding hydrogens is 312 g/mol. The third-order valence-electron chi connectivity index (χ3n) is 4.75. The average Bonchev–Trinajstić information content (AvgIpc) is 2.59. The number of hydrogen-bond donors (Lipinski definition) is 2. The Kier molecular flexibility index (Phi) is 4.69. The fourth-order valence-corrected chi connectivity index (χ4v) is 3.13. The van der Waals surface area contributed by atoms with Crippen LogP contribution in [0.1, 0.15) is 56.1 Å². The van der Waals surface area contributed by atoms with Gasteiger partial charge in [-0.1, -0.05) is 32.0 Å². The lowest BCUT2D eigenvalue weighted by Gasteiger charge is -2.31. The molecule has 0 amide bonds. The van der Waals surface area contributed by atoms with Crippen LogP contribution in [0.3, 0.4) is 0 Å². The largest absolute Gasteiger partial charge is 0.386 e. The van der Waals surface area contributed by atoms with Crippen LogP contribution < -0.4 is 10.2 Å². The fraction of sp³-hybridized carbons (Fsp3) is 0.500. The van der Waals surface area contributed by atoms with Crippen molar-refractivity contribution in [2.24, 2.45) is 0 Å². The highest BCUT2D eigenvalue weighted by Crippen LogP contribution is 2.29. The average molecular weight is 340 g/mol. The van der Waals surface area contributed by atoms with Crippen LogP contribution >= 0.6 is 0 Å². The van der Waals surface area contributed by atoms with Crippen molar-refractivity contribution in [3.63, 3.8) is 0 Å². The smallest absolute Gasteiger partial charge is 0.135 e. The van der Waals surface area contributed by atoms with Crippen LogP contribution in [-0.4, -0.2) is 28.7 Å². The molecule has 0 unspecified atom stereocenters. The van der Waals surface area contributed by atoms with E-state index in [-0.39, 0.29) is 0 Å². The number of nitrogens with one attached hydrogen (secondary N) is 1. The molecule has 5 nitrogen and oxygen atoms in total. The Morgan fingerprint density at radius 3 is 2.56 bits per heavy atom. The molecule has 0 atom stereocenters. The first-order chi connectivity index (χ1) is 11.8. The molecule has 0 spiro atoms. The summed E-state index contributed by atoms with van der Waals surface area (Å²) in [6, 6.07) is 8.33. The predicted molar refractivity (Wildman–Crippen MR) is 102 cm³/mol. The molecule has 2 N–H and O–H groups in total. The molecule has 1 aromatic carbocycles. The Balaban J connectivity index is 1.89. The van der Waals surface area contributed by atoms with Gasteiger partial charge in [-0.05, 0) is 37.0 Å². The first-order valence-electron chi connectivity index (χ1n) is 8.94. The minimum Gasteiger partial charge on any atom is -0.386 e. The molecule has 0 radical (unpaired) electrons. The summed E-state index contributed by atoms with van der Waals surface area (Å²) in [6.45, 7) is 9.64. The summed E-state index contributed by atoms with van der Waals surface area (Å²) >= 11 is 0. The van der Waals surface area contributed by atoms with Crippen molar-refractivity contribution >= 4 is 11.6 Å². The summed E-state index contributed by atoms with van der Waals surface area (Å²) < 4.78 is 0. The van der Waals surface area contributed by atoms with Crippen LogP contribution in [-0.2, 0) is 18.6 Å². The molecular formula is C20H28N4O. The summed E-state index contributed by atoms with van der Waals surface area (Å²) in [5.41, 5.74) is 2.80. The quantitative estimate of drug-likeness (QED) is 0.893. The lowest BCUT2D eigenvalue weighted by Crippen LogP contribution is -2.32. The van der Waals surface area contributed by atoms with E-state index in [1.54, 1.807) is 0 Å². The predicted octanol–water partition coefficient (Wildman–Crippen LogP) is 3.43. The third kappa shape index (κ3) is 3.76. The van der Waals surface area contributed by atoms with E-state index in [2.05, 4.69) is 41.2 Å². The number of nitrogens with zero attached hydrogens (tertiary/aromatic N) is 3. The zero-order chi connectivity index (χ0) is 18.2. The topological polar surface area (TPSA) is 61.3 Å². The molecule has 5 heteroatoms. The lowest BCUT2D eigenvalue weighted by molar-refractivity contribution is 0.0785. The normalized spacial score (nSPS) is 14.6. The minimum atomic E-state index is -0.799. The first-order valence-corrected chi connectivity index (χ1v) is 8.94. The zero-order valence-electron chi connectivity index (χ0n) is 15.8. The Morgan fingerprint density at radius 2 is 1.92 bits per heavy atom. The second kappa shape index (κ2) is 6.64. The number of aromatic nitrogens is 2. The van der Waals surface area contributed by atoms with Crippen molar-refractivity contribution in [2.45, 2.75) is 52.2 Å². The van der Waals surface area contributed by atoms with E-state index >= 15 is 0 Å². The summed E-state index contributed by atoms with van der Waals surface area (Å²) in [4.78, 5) is 11.6. The molecule has 0 saturated heterocycles. The Hall–Kier alpha value is -2.14. The minimum absolute atomic E-state index is 0.290. The van der Waals surface area contributed by atoms with Crippen molar-refractivity contribution < 1.29 is 5.11 Å². The van der Waals surface area contributed by atoms with Crippen molar-refractivity contribution in [1.29, 1.82) is 0 Å². The van der Waals surface area contributed by atoms with Crippen LogP contribution in [0.4, 0.5) is 11.6 Å². The van der Waals surface area contributed by atoms with E-state index in [1.807, 2.05) is 33.0 Å². The van der Waals surface area contributed by atoms with E-state index in [9.17, 15) is 5.11 Å². The summed E-state index contributed by atoms with van der Waals surface area (Å²) in [5, 5.41) is 13.4. The first kappa shape index (κ1) is 17.7. The Labute approximate surface area is 150 Å². The van der Waals surface area contributed by atoms with Gasteiger partial charge in [0.1, 0.15) is 17.5 Å². The van der Waals surface area contributed by atoms with Crippen molar-refractivity contribution in [2.75, 3.05) is 23.8 Å². The van der Waals surface area contributed by atoms with Crippen LogP contribution in [0.2, 0.25) is 0 Å². The van der Waals surface area contributed by atoms with Crippen LogP contribution in [0, 0.1) is 0 Å². The van der Waals surface area contributed by atoms with Gasteiger partial charge in [0.2, 0.25) is 0 Å². The van der Waals surface area contributed by atoms with Gasteiger partial charge in [0, 0.05) is 32.1 Å². The second-order valence-corrected chi connectivity index (χ2v) is 7.59. The van der Waals surface area contributed by atoms with Crippen molar-refractivity contribution in [1.82, 2.24) is 9.97 Å². The van der Waals surface area contributed by atoms with E-state index in [1.165, 1.54) is 11.1 Å². The summed E-state index contributed by atoms with van der Waals surface area (Å²) in [5.74, 6) is 2.99. The lowest BCUT2D eigenvalue weighted by atomic mass is 9.91. The summed E-state index contributed by atoms with van der Waals surface area (Å²) in [6.07, 6.45) is 0.954. The molecule has 2 aromatic rings. The van der Waals surface area contributed by atoms with Gasteiger partial charge >= 0.3 is 0 Å². The van der Waals surface area contributed by atoms with E-state index in [0.29, 0.717) is 5.92 Å². The number of hydrogen-bond acceptors (Lipinski definition) is 5. The van der Waals surface area contributed by atoms with Crippen molar-refractivity contribution in [3.8, 4) is 0 Å². The van der Waals surface area contributed by atoms with Gasteiger partial charge in [-0.2, -0.15) is 0 Å². The summed E-state index contributed by atoms with van der Waals surface area (Å²) in [7, 11) is 1.89. The maximum atomic E-state index is 10.2. The highest BCUT2D eigenvalue weighted by atomic mass is 16.3. The highest BCUT2D eigenvalue weighted by Gasteiger charge is 2.22. The molecule has 0 saturated carbocycles. The molecule has 0 aliphatic carbocycles. The Bertz CT molecular complexity index is 765. The van der Waals surface area contributed by atoms with Gasteiger partial charge in [0.15, 0.2) is 0 Å². The number of anilines is 2. The van der Waals surface area contributed by atoms with Gasteiger partial charge in [-0.3, -0.25) is 0 Å². The second-order valence-electron chi connectivity index (χ2n) is 7.59. The molecule has 3 rings (SSSR count). The van der Waals surface area contributed by atoms with Gasteiger partial charge in [0.25, 0.3) is 0 Å². The standard InChI is InChI=1S/C20H28N4O/c1-13(2)19-22-17(21-5)11-18(23-19)24-9-8-14-10-16(20(3,4)25)7-6-15(14)12-24/h6-7,10-11,13,25H,8-9,12H2,1-5H3,(H,21,22,23). The molecule has 1 aliphatic rings. The third-order valence-corrected chi connectivity index (χ3v) is 4.75. The number of aliphatic hydroxyl groups is 1. The molecule has 1 aliphatic heterocycles. The number of fused-ring (bicyclic) bond motifs is 1. The van der Waals surface area contributed by atoms with Gasteiger partial charge < -0.3 is 15.3 Å². The molecule has 1 aromatic heterocycles. The molecule has 134 valence electrons. The highest BCUT2D eigenvalue weighted by molar-refractivity contribution is 5.52. The molecule has 2 heterocycles.